The second kappa shape index (κ2) is 8.93. The lowest BCUT2D eigenvalue weighted by atomic mass is 10.1. The lowest BCUT2D eigenvalue weighted by Gasteiger charge is -2.21. The third-order valence-corrected chi connectivity index (χ3v) is 5.00. The van der Waals surface area contributed by atoms with E-state index in [0.29, 0.717) is 40.2 Å². The highest BCUT2D eigenvalue weighted by atomic mass is 35.5. The molecule has 28 heavy (non-hydrogen) atoms. The molecule has 0 radical (unpaired) electrons. The molecule has 0 aliphatic heterocycles. The Morgan fingerprint density at radius 2 is 1.79 bits per heavy atom. The van der Waals surface area contributed by atoms with E-state index in [1.165, 1.54) is 12.1 Å². The predicted octanol–water partition coefficient (Wildman–Crippen LogP) is 5.64. The number of hydrogen-bond acceptors (Lipinski definition) is 2. The van der Waals surface area contributed by atoms with Gasteiger partial charge in [-0.2, -0.15) is 0 Å². The molecular weight excluding hydrogens is 399 g/mol. The number of halogens is 3. The van der Waals surface area contributed by atoms with Gasteiger partial charge in [-0.25, -0.2) is 9.37 Å². The third-order valence-electron chi connectivity index (χ3n) is 4.52. The highest BCUT2D eigenvalue weighted by molar-refractivity contribution is 6.36. The van der Waals surface area contributed by atoms with Crippen LogP contribution in [0.1, 0.15) is 32.4 Å². The van der Waals surface area contributed by atoms with Crippen molar-refractivity contribution < 1.29 is 9.18 Å². The molecule has 0 spiro atoms. The smallest absolute Gasteiger partial charge is 0.228 e. The van der Waals surface area contributed by atoms with E-state index in [-0.39, 0.29) is 18.1 Å². The van der Waals surface area contributed by atoms with Crippen LogP contribution in [-0.2, 0) is 11.2 Å². The number of amides is 1. The normalized spacial score (nSPS) is 11.2. The van der Waals surface area contributed by atoms with Crippen molar-refractivity contribution in [2.75, 3.05) is 13.1 Å². The van der Waals surface area contributed by atoms with Gasteiger partial charge in [0.25, 0.3) is 0 Å². The number of nitrogens with zero attached hydrogens (tertiary/aromatic N) is 3. The van der Waals surface area contributed by atoms with Crippen LogP contribution in [0.4, 0.5) is 4.39 Å². The summed E-state index contributed by atoms with van der Waals surface area (Å²) in [6.07, 6.45) is 3.64. The van der Waals surface area contributed by atoms with Gasteiger partial charge >= 0.3 is 0 Å². The quantitative estimate of drug-likeness (QED) is 0.495. The summed E-state index contributed by atoms with van der Waals surface area (Å²) in [7, 11) is 0. The summed E-state index contributed by atoms with van der Waals surface area (Å²) >= 11 is 12.5. The highest BCUT2D eigenvalue weighted by Crippen LogP contribution is 2.30. The molecule has 0 aliphatic carbocycles. The Morgan fingerprint density at radius 1 is 1.14 bits per heavy atom. The topological polar surface area (TPSA) is 37.6 Å². The Bertz CT molecular complexity index is 979. The Balaban J connectivity index is 2.11. The van der Waals surface area contributed by atoms with Crippen LogP contribution in [0.5, 0.6) is 0 Å². The van der Waals surface area contributed by atoms with Gasteiger partial charge in [0.2, 0.25) is 5.91 Å². The number of pyridine rings is 1. The van der Waals surface area contributed by atoms with Gasteiger partial charge in [0, 0.05) is 24.8 Å². The molecule has 3 rings (SSSR count). The van der Waals surface area contributed by atoms with E-state index in [9.17, 15) is 9.18 Å². The van der Waals surface area contributed by atoms with Crippen molar-refractivity contribution in [3.05, 3.63) is 58.1 Å². The van der Waals surface area contributed by atoms with Crippen molar-refractivity contribution in [1.29, 1.82) is 0 Å². The Kier molecular flexibility index (Phi) is 6.57. The number of carbonyl (C=O) groups excluding carboxylic acids is 1. The first-order chi connectivity index (χ1) is 13.4. The molecule has 2 aromatic heterocycles. The molecule has 0 saturated carbocycles. The lowest BCUT2D eigenvalue weighted by Crippen LogP contribution is -2.34. The van der Waals surface area contributed by atoms with E-state index in [1.807, 2.05) is 18.7 Å². The molecule has 0 unspecified atom stereocenters. The average molecular weight is 421 g/mol. The van der Waals surface area contributed by atoms with Crippen LogP contribution in [0, 0.1) is 5.82 Å². The van der Waals surface area contributed by atoms with Crippen LogP contribution in [0.25, 0.3) is 16.9 Å². The van der Waals surface area contributed by atoms with Crippen LogP contribution in [0.2, 0.25) is 10.0 Å². The molecule has 0 fully saturated rings. The zero-order valence-corrected chi connectivity index (χ0v) is 17.4. The summed E-state index contributed by atoms with van der Waals surface area (Å²) in [5.41, 5.74) is 2.53. The fourth-order valence-electron chi connectivity index (χ4n) is 3.28. The zero-order valence-electron chi connectivity index (χ0n) is 15.9. The Morgan fingerprint density at radius 3 is 2.39 bits per heavy atom. The fraction of sp³-hybridized carbons (Fsp3) is 0.333. The van der Waals surface area contributed by atoms with E-state index < -0.39 is 0 Å². The van der Waals surface area contributed by atoms with Crippen LogP contribution in [0.3, 0.4) is 0 Å². The zero-order chi connectivity index (χ0) is 20.3. The van der Waals surface area contributed by atoms with Crippen LogP contribution in [-0.4, -0.2) is 33.3 Å². The van der Waals surface area contributed by atoms with Crippen molar-refractivity contribution in [2.24, 2.45) is 0 Å². The van der Waals surface area contributed by atoms with Crippen molar-refractivity contribution in [3.8, 4) is 11.3 Å². The lowest BCUT2D eigenvalue weighted by molar-refractivity contribution is -0.130. The second-order valence-electron chi connectivity index (χ2n) is 6.67. The first-order valence-electron chi connectivity index (χ1n) is 9.34. The SMILES string of the molecule is CCCN(CCC)C(=O)Cc1c(-c2ccc([18F])cc2)nc2c(Cl)cc(Cl)cn12. The first-order valence-corrected chi connectivity index (χ1v) is 10.1. The second-order valence-corrected chi connectivity index (χ2v) is 7.52. The third kappa shape index (κ3) is 4.31. The summed E-state index contributed by atoms with van der Waals surface area (Å²) in [4.78, 5) is 19.5. The molecular formula is C21H22Cl2FN3O. The molecule has 1 aromatic carbocycles. The van der Waals surface area contributed by atoms with E-state index in [0.717, 1.165) is 18.4 Å². The number of rotatable bonds is 7. The number of aromatic nitrogens is 2. The molecule has 4 nitrogen and oxygen atoms in total. The van der Waals surface area contributed by atoms with Gasteiger partial charge in [-0.05, 0) is 43.2 Å². The minimum atomic E-state index is -0.330. The molecule has 0 N–H and O–H groups in total. The minimum absolute atomic E-state index is 0.0185. The molecule has 7 heteroatoms. The maximum atomic E-state index is 13.4. The molecule has 3 aromatic rings. The maximum Gasteiger partial charge on any atom is 0.228 e. The molecule has 1 amide bonds. The molecule has 2 heterocycles. The first kappa shape index (κ1) is 20.6. The summed E-state index contributed by atoms with van der Waals surface area (Å²) in [5.74, 6) is -0.312. The largest absolute Gasteiger partial charge is 0.342 e. The van der Waals surface area contributed by atoms with Crippen molar-refractivity contribution in [3.63, 3.8) is 0 Å². The number of fused-ring (bicyclic) bond motifs is 1. The number of benzene rings is 1. The summed E-state index contributed by atoms with van der Waals surface area (Å²) < 4.78 is 15.1. The molecule has 0 aliphatic rings. The minimum Gasteiger partial charge on any atom is -0.342 e. The monoisotopic (exact) mass is 420 g/mol. The van der Waals surface area contributed by atoms with Gasteiger partial charge in [-0.15, -0.1) is 0 Å². The number of imidazole rings is 1. The maximum absolute atomic E-state index is 13.4. The van der Waals surface area contributed by atoms with Gasteiger partial charge in [0.05, 0.1) is 27.9 Å². The van der Waals surface area contributed by atoms with Crippen molar-refractivity contribution in [1.82, 2.24) is 14.3 Å². The molecule has 0 saturated heterocycles. The van der Waals surface area contributed by atoms with E-state index in [4.69, 9.17) is 23.2 Å². The van der Waals surface area contributed by atoms with Crippen molar-refractivity contribution >= 4 is 34.8 Å². The number of carbonyl (C=O) groups is 1. The highest BCUT2D eigenvalue weighted by Gasteiger charge is 2.21. The fourth-order valence-corrected chi connectivity index (χ4v) is 3.80. The predicted molar refractivity (Wildman–Crippen MR) is 111 cm³/mol. The van der Waals surface area contributed by atoms with E-state index in [1.54, 1.807) is 28.8 Å². The summed E-state index contributed by atoms with van der Waals surface area (Å²) in [6.45, 7) is 5.51. The van der Waals surface area contributed by atoms with Gasteiger partial charge < -0.3 is 9.30 Å². The molecule has 148 valence electrons. The average Bonchev–Trinajstić information content (AvgIpc) is 3.01. The number of hydrogen-bond donors (Lipinski definition) is 0. The van der Waals surface area contributed by atoms with E-state index in [2.05, 4.69) is 4.98 Å². The summed E-state index contributed by atoms with van der Waals surface area (Å²) in [5, 5.41) is 0.849. The Hall–Kier alpha value is -2.11. The van der Waals surface area contributed by atoms with E-state index >= 15 is 0 Å². The standard InChI is InChI=1S/C21H22Cl2FN3O/c1-3-9-26(10-4-2)19(28)12-18-20(14-5-7-16(24)8-6-14)25-21-17(23)11-15(22)13-27(18)21/h5-8,11,13H,3-4,9-10,12H2,1-2H3/i24-1. The van der Waals surface area contributed by atoms with Crippen LogP contribution in [0.15, 0.2) is 36.5 Å². The summed E-state index contributed by atoms with van der Waals surface area (Å²) in [6, 6.07) is 7.67. The van der Waals surface area contributed by atoms with Gasteiger partial charge in [0.15, 0.2) is 5.65 Å². The molecule has 0 bridgehead atoms. The Labute approximate surface area is 173 Å². The van der Waals surface area contributed by atoms with Crippen molar-refractivity contribution in [2.45, 2.75) is 33.1 Å². The van der Waals surface area contributed by atoms with Gasteiger partial charge in [-0.1, -0.05) is 37.0 Å². The molecule has 0 atom stereocenters. The van der Waals surface area contributed by atoms with Crippen LogP contribution < -0.4 is 0 Å². The van der Waals surface area contributed by atoms with Gasteiger partial charge in [-0.3, -0.25) is 4.79 Å². The van der Waals surface area contributed by atoms with Gasteiger partial charge in [0.1, 0.15) is 5.82 Å². The van der Waals surface area contributed by atoms with Crippen LogP contribution >= 0.6 is 23.2 Å².